The van der Waals surface area contributed by atoms with Crippen LogP contribution in [0.5, 0.6) is 0 Å². The predicted molar refractivity (Wildman–Crippen MR) is 108 cm³/mol. The first-order valence-corrected chi connectivity index (χ1v) is 9.71. The highest BCUT2D eigenvalue weighted by atomic mass is 79.9. The van der Waals surface area contributed by atoms with Gasteiger partial charge in [0.05, 0.1) is 17.7 Å². The molecule has 0 bridgehead atoms. The highest BCUT2D eigenvalue weighted by Gasteiger charge is 2.35. The lowest BCUT2D eigenvalue weighted by molar-refractivity contribution is -0.136. The molecule has 0 aliphatic carbocycles. The number of alkyl halides is 3. The molecule has 28 heavy (non-hydrogen) atoms. The molecule has 0 spiro atoms. The summed E-state index contributed by atoms with van der Waals surface area (Å²) in [5.74, 6) is -0.490. The maximum Gasteiger partial charge on any atom is 0.418 e. The van der Waals surface area contributed by atoms with Gasteiger partial charge in [-0.25, -0.2) is 0 Å². The highest BCUT2D eigenvalue weighted by molar-refractivity contribution is 9.10. The van der Waals surface area contributed by atoms with E-state index < -0.39 is 17.6 Å². The second-order valence-corrected chi connectivity index (χ2v) is 7.79. The first kappa shape index (κ1) is 20.7. The molecule has 150 valence electrons. The Bertz CT molecular complexity index is 849. The van der Waals surface area contributed by atoms with Crippen molar-refractivity contribution in [1.29, 1.82) is 0 Å². The Morgan fingerprint density at radius 2 is 1.82 bits per heavy atom. The van der Waals surface area contributed by atoms with E-state index in [0.717, 1.165) is 29.2 Å². The third-order valence-electron chi connectivity index (χ3n) is 4.70. The summed E-state index contributed by atoms with van der Waals surface area (Å²) < 4.78 is 41.6. The minimum absolute atomic E-state index is 0.00303. The van der Waals surface area contributed by atoms with Crippen molar-refractivity contribution in [2.24, 2.45) is 0 Å². The summed E-state index contributed by atoms with van der Waals surface area (Å²) in [6.45, 7) is 2.93. The Morgan fingerprint density at radius 3 is 2.46 bits per heavy atom. The van der Waals surface area contributed by atoms with Crippen LogP contribution in [0.4, 0.5) is 24.5 Å². The number of benzene rings is 2. The van der Waals surface area contributed by atoms with E-state index in [2.05, 4.69) is 26.1 Å². The van der Waals surface area contributed by atoms with Crippen LogP contribution in [0.3, 0.4) is 0 Å². The Balaban J connectivity index is 1.79. The number of nitrogens with one attached hydrogen (secondary N) is 1. The average Bonchev–Trinajstić information content (AvgIpc) is 2.62. The normalized spacial score (nSPS) is 15.5. The van der Waals surface area contributed by atoms with Gasteiger partial charge in [0, 0.05) is 36.3 Å². The van der Waals surface area contributed by atoms with Gasteiger partial charge in [0.15, 0.2) is 0 Å². The van der Waals surface area contributed by atoms with Gasteiger partial charge in [0.25, 0.3) is 0 Å². The van der Waals surface area contributed by atoms with Crippen LogP contribution in [0.1, 0.15) is 11.1 Å². The average molecular weight is 456 g/mol. The van der Waals surface area contributed by atoms with Gasteiger partial charge in [-0.1, -0.05) is 28.1 Å². The highest BCUT2D eigenvalue weighted by Crippen LogP contribution is 2.37. The number of carbonyl (C=O) groups excluding carboxylic acids is 1. The van der Waals surface area contributed by atoms with Gasteiger partial charge in [-0.3, -0.25) is 4.79 Å². The van der Waals surface area contributed by atoms with Crippen molar-refractivity contribution in [1.82, 2.24) is 4.90 Å². The van der Waals surface area contributed by atoms with Crippen molar-refractivity contribution in [2.75, 3.05) is 43.4 Å². The summed E-state index contributed by atoms with van der Waals surface area (Å²) in [7, 11) is 1.99. The predicted octanol–water partition coefficient (Wildman–Crippen LogP) is 4.40. The quantitative estimate of drug-likeness (QED) is 0.741. The van der Waals surface area contributed by atoms with Gasteiger partial charge in [0.1, 0.15) is 0 Å². The zero-order chi connectivity index (χ0) is 20.3. The molecular formula is C20H21BrF3N3O. The summed E-state index contributed by atoms with van der Waals surface area (Å²) in [5.41, 5.74) is 0.191. The van der Waals surface area contributed by atoms with E-state index in [-0.39, 0.29) is 12.1 Å². The van der Waals surface area contributed by atoms with Gasteiger partial charge < -0.3 is 15.1 Å². The zero-order valence-corrected chi connectivity index (χ0v) is 17.0. The van der Waals surface area contributed by atoms with E-state index in [1.165, 1.54) is 6.07 Å². The van der Waals surface area contributed by atoms with Crippen LogP contribution in [0.15, 0.2) is 46.9 Å². The van der Waals surface area contributed by atoms with E-state index in [4.69, 9.17) is 0 Å². The summed E-state index contributed by atoms with van der Waals surface area (Å²) >= 11 is 3.32. The smallest absolute Gasteiger partial charge is 0.369 e. The van der Waals surface area contributed by atoms with Gasteiger partial charge >= 0.3 is 6.18 Å². The van der Waals surface area contributed by atoms with Gasteiger partial charge in [0.2, 0.25) is 5.91 Å². The van der Waals surface area contributed by atoms with Crippen LogP contribution in [0.25, 0.3) is 0 Å². The lowest BCUT2D eigenvalue weighted by Crippen LogP contribution is -2.44. The fourth-order valence-electron chi connectivity index (χ4n) is 3.16. The van der Waals surface area contributed by atoms with Crippen molar-refractivity contribution in [3.63, 3.8) is 0 Å². The molecule has 0 aromatic heterocycles. The first-order valence-electron chi connectivity index (χ1n) is 8.91. The summed E-state index contributed by atoms with van der Waals surface area (Å²) in [6, 6.07) is 11.2. The minimum Gasteiger partial charge on any atom is -0.369 e. The van der Waals surface area contributed by atoms with Crippen LogP contribution < -0.4 is 10.2 Å². The summed E-state index contributed by atoms with van der Waals surface area (Å²) in [4.78, 5) is 16.4. The molecule has 1 N–H and O–H groups in total. The molecule has 1 aliphatic rings. The molecule has 1 aliphatic heterocycles. The van der Waals surface area contributed by atoms with Crippen molar-refractivity contribution in [3.05, 3.63) is 58.1 Å². The molecule has 2 aromatic carbocycles. The Morgan fingerprint density at radius 1 is 1.11 bits per heavy atom. The minimum atomic E-state index is -4.55. The van der Waals surface area contributed by atoms with Crippen molar-refractivity contribution in [2.45, 2.75) is 12.6 Å². The largest absolute Gasteiger partial charge is 0.418 e. The van der Waals surface area contributed by atoms with E-state index in [9.17, 15) is 18.0 Å². The fraction of sp³-hybridized carbons (Fsp3) is 0.350. The number of piperazine rings is 1. The molecule has 3 rings (SSSR count). The van der Waals surface area contributed by atoms with E-state index in [1.807, 2.05) is 18.0 Å². The molecule has 0 atom stereocenters. The molecule has 0 saturated carbocycles. The third kappa shape index (κ3) is 5.26. The van der Waals surface area contributed by atoms with Gasteiger partial charge in [-0.15, -0.1) is 0 Å². The monoisotopic (exact) mass is 455 g/mol. The topological polar surface area (TPSA) is 35.6 Å². The van der Waals surface area contributed by atoms with Crippen molar-refractivity contribution in [3.8, 4) is 0 Å². The number of hydrogen-bond donors (Lipinski definition) is 1. The number of nitrogens with zero attached hydrogens (tertiary/aromatic N) is 2. The van der Waals surface area contributed by atoms with Crippen molar-refractivity contribution < 1.29 is 18.0 Å². The molecule has 1 saturated heterocycles. The van der Waals surface area contributed by atoms with Gasteiger partial charge in [-0.05, 0) is 42.9 Å². The second kappa shape index (κ2) is 8.53. The number of carbonyl (C=O) groups is 1. The Hall–Kier alpha value is -2.06. The molecule has 4 nitrogen and oxygen atoms in total. The molecular weight excluding hydrogens is 435 g/mol. The molecule has 1 heterocycles. The number of hydrogen-bond acceptors (Lipinski definition) is 3. The van der Waals surface area contributed by atoms with Crippen LogP contribution in [-0.4, -0.2) is 44.0 Å². The molecule has 8 heteroatoms. The molecule has 2 aromatic rings. The van der Waals surface area contributed by atoms with E-state index in [0.29, 0.717) is 18.8 Å². The number of halogens is 4. The maximum atomic E-state index is 13.6. The number of amides is 1. The molecule has 1 amide bonds. The van der Waals surface area contributed by atoms with E-state index >= 15 is 0 Å². The lowest BCUT2D eigenvalue weighted by atomic mass is 10.1. The van der Waals surface area contributed by atoms with Crippen LogP contribution >= 0.6 is 15.9 Å². The fourth-order valence-corrected chi connectivity index (χ4v) is 3.61. The maximum absolute atomic E-state index is 13.6. The number of rotatable bonds is 4. The standard InChI is InChI=1S/C20H21BrF3N3O/c1-26-7-9-27(10-8-26)16-5-6-18(17(13-16)20(22,23)24)25-19(28)12-14-3-2-4-15(21)11-14/h2-6,11,13H,7-10,12H2,1H3,(H,25,28). The zero-order valence-electron chi connectivity index (χ0n) is 15.4. The van der Waals surface area contributed by atoms with Crippen LogP contribution in [0.2, 0.25) is 0 Å². The first-order chi connectivity index (χ1) is 13.2. The molecule has 0 unspecified atom stereocenters. The number of anilines is 2. The molecule has 1 fully saturated rings. The summed E-state index contributed by atoms with van der Waals surface area (Å²) in [6.07, 6.45) is -4.56. The Labute approximate surface area is 170 Å². The third-order valence-corrected chi connectivity index (χ3v) is 5.20. The van der Waals surface area contributed by atoms with Gasteiger partial charge in [-0.2, -0.15) is 13.2 Å². The van der Waals surface area contributed by atoms with Crippen LogP contribution in [0, 0.1) is 0 Å². The SMILES string of the molecule is CN1CCN(c2ccc(NC(=O)Cc3cccc(Br)c3)c(C(F)(F)F)c2)CC1. The lowest BCUT2D eigenvalue weighted by Gasteiger charge is -2.34. The summed E-state index contributed by atoms with van der Waals surface area (Å²) in [5, 5.41) is 2.42. The molecule has 0 radical (unpaired) electrons. The Kier molecular flexibility index (Phi) is 6.30. The van der Waals surface area contributed by atoms with Crippen LogP contribution in [-0.2, 0) is 17.4 Å². The van der Waals surface area contributed by atoms with E-state index in [1.54, 1.807) is 24.3 Å². The van der Waals surface area contributed by atoms with Crippen molar-refractivity contribution >= 4 is 33.2 Å². The second-order valence-electron chi connectivity index (χ2n) is 6.87. The number of likely N-dealkylation sites (N-methyl/N-ethyl adjacent to an activating group) is 1.